The number of carboxylic acid groups (broad SMARTS) is 1. The van der Waals surface area contributed by atoms with Gasteiger partial charge in [0, 0.05) is 12.8 Å². The second kappa shape index (κ2) is 15.2. The minimum Gasteiger partial charge on any atom is -0.508 e. The molecule has 0 bridgehead atoms. The van der Waals surface area contributed by atoms with Gasteiger partial charge in [-0.15, -0.1) is 0 Å². The number of benzene rings is 2. The number of nitrogens with one attached hydrogen (secondary N) is 3. The molecule has 0 aliphatic carbocycles. The largest absolute Gasteiger partial charge is 0.508 e. The van der Waals surface area contributed by atoms with Crippen LogP contribution in [0.4, 0.5) is 0 Å². The van der Waals surface area contributed by atoms with Gasteiger partial charge < -0.3 is 37.6 Å². The topological polar surface area (TPSA) is 214 Å². The molecular weight excluding hydrogens is 518 g/mol. The number of phenols is 1. The number of carbonyl (C=O) groups is 5. The zero-order valence-corrected chi connectivity index (χ0v) is 22.5. The third kappa shape index (κ3) is 10.7. The lowest BCUT2D eigenvalue weighted by Gasteiger charge is -2.25. The van der Waals surface area contributed by atoms with E-state index in [-0.39, 0.29) is 24.5 Å². The summed E-state index contributed by atoms with van der Waals surface area (Å²) < 4.78 is 0. The standard InChI is InChI=1S/C28H37N5O7/c1-16(2)12-20(29)25(36)31-21(13-18-8-10-19(34)11-9-18)26(37)32-22(15-24(30)35)27(38)33-23(28(39)40)14-17-6-4-3-5-7-17/h3-11,16,20-23,34H,12-15,29H2,1-2H3,(H2,30,35)(H,31,36)(H,32,37)(H,33,38)(H,39,40). The first-order valence-electron chi connectivity index (χ1n) is 12.8. The summed E-state index contributed by atoms with van der Waals surface area (Å²) in [5.74, 6) is -4.42. The highest BCUT2D eigenvalue weighted by Gasteiger charge is 2.31. The molecule has 0 saturated carbocycles. The Balaban J connectivity index is 2.24. The van der Waals surface area contributed by atoms with Crippen LogP contribution in [0.3, 0.4) is 0 Å². The van der Waals surface area contributed by atoms with Crippen LogP contribution in [-0.2, 0) is 36.8 Å². The smallest absolute Gasteiger partial charge is 0.326 e. The molecule has 0 saturated heterocycles. The van der Waals surface area contributed by atoms with Gasteiger partial charge in [0.25, 0.3) is 0 Å². The summed E-state index contributed by atoms with van der Waals surface area (Å²) in [5.41, 5.74) is 12.5. The lowest BCUT2D eigenvalue weighted by Crippen LogP contribution is -2.58. The number of amides is 4. The summed E-state index contributed by atoms with van der Waals surface area (Å²) in [5, 5.41) is 26.6. The minimum absolute atomic E-state index is 0.00873. The van der Waals surface area contributed by atoms with E-state index in [0.29, 0.717) is 17.5 Å². The molecule has 4 unspecified atom stereocenters. The molecule has 12 heteroatoms. The molecule has 216 valence electrons. The van der Waals surface area contributed by atoms with Crippen LogP contribution in [0.15, 0.2) is 54.6 Å². The van der Waals surface area contributed by atoms with E-state index in [2.05, 4.69) is 16.0 Å². The van der Waals surface area contributed by atoms with Gasteiger partial charge in [0.05, 0.1) is 12.5 Å². The molecule has 2 aromatic carbocycles. The fourth-order valence-corrected chi connectivity index (χ4v) is 3.98. The molecule has 0 radical (unpaired) electrons. The Hall–Kier alpha value is -4.45. The van der Waals surface area contributed by atoms with E-state index in [4.69, 9.17) is 11.5 Å². The molecule has 4 atom stereocenters. The van der Waals surface area contributed by atoms with E-state index in [1.54, 1.807) is 42.5 Å². The third-order valence-corrected chi connectivity index (χ3v) is 6.01. The molecule has 2 aromatic rings. The predicted octanol–water partition coefficient (Wildman–Crippen LogP) is -0.0348. The highest BCUT2D eigenvalue weighted by molar-refractivity contribution is 5.96. The van der Waals surface area contributed by atoms with Gasteiger partial charge in [-0.2, -0.15) is 0 Å². The van der Waals surface area contributed by atoms with Crippen LogP contribution in [0.2, 0.25) is 0 Å². The molecule has 12 nitrogen and oxygen atoms in total. The Morgan fingerprint density at radius 1 is 0.750 bits per heavy atom. The van der Waals surface area contributed by atoms with Crippen molar-refractivity contribution in [2.45, 2.75) is 63.7 Å². The van der Waals surface area contributed by atoms with Crippen molar-refractivity contribution in [2.75, 3.05) is 0 Å². The summed E-state index contributed by atoms with van der Waals surface area (Å²) in [7, 11) is 0. The molecule has 0 aromatic heterocycles. The Kier molecular flexibility index (Phi) is 12.1. The average molecular weight is 556 g/mol. The molecule has 0 aliphatic rings. The Labute approximate surface area is 232 Å². The van der Waals surface area contributed by atoms with Crippen molar-refractivity contribution in [3.8, 4) is 5.75 Å². The number of primary amides is 1. The number of carbonyl (C=O) groups excluding carboxylic acids is 4. The second-order valence-electron chi connectivity index (χ2n) is 9.99. The zero-order chi connectivity index (χ0) is 29.8. The van der Waals surface area contributed by atoms with Crippen LogP contribution in [0.1, 0.15) is 37.8 Å². The number of aliphatic carboxylic acids is 1. The van der Waals surface area contributed by atoms with Crippen LogP contribution in [0.5, 0.6) is 5.75 Å². The number of rotatable bonds is 15. The normalized spacial score (nSPS) is 13.9. The van der Waals surface area contributed by atoms with Gasteiger partial charge in [-0.1, -0.05) is 56.3 Å². The summed E-state index contributed by atoms with van der Waals surface area (Å²) in [6.45, 7) is 3.78. The van der Waals surface area contributed by atoms with E-state index in [1.807, 2.05) is 13.8 Å². The van der Waals surface area contributed by atoms with Gasteiger partial charge in [0.15, 0.2) is 0 Å². The van der Waals surface area contributed by atoms with Crippen molar-refractivity contribution in [1.29, 1.82) is 0 Å². The third-order valence-electron chi connectivity index (χ3n) is 6.01. The maximum absolute atomic E-state index is 13.3. The minimum atomic E-state index is -1.51. The van der Waals surface area contributed by atoms with Gasteiger partial charge in [-0.05, 0) is 35.6 Å². The van der Waals surface area contributed by atoms with Crippen molar-refractivity contribution in [2.24, 2.45) is 17.4 Å². The van der Waals surface area contributed by atoms with Crippen molar-refractivity contribution in [3.63, 3.8) is 0 Å². The Morgan fingerprint density at radius 3 is 1.80 bits per heavy atom. The number of hydrogen-bond acceptors (Lipinski definition) is 7. The number of aromatic hydroxyl groups is 1. The van der Waals surface area contributed by atoms with Crippen molar-refractivity contribution < 1.29 is 34.2 Å². The van der Waals surface area contributed by atoms with E-state index < -0.39 is 60.2 Å². The fraction of sp³-hybridized carbons (Fsp3) is 0.393. The van der Waals surface area contributed by atoms with Gasteiger partial charge in [-0.25, -0.2) is 4.79 Å². The van der Waals surface area contributed by atoms with Crippen molar-refractivity contribution >= 4 is 29.6 Å². The highest BCUT2D eigenvalue weighted by atomic mass is 16.4. The molecule has 0 heterocycles. The number of nitrogens with two attached hydrogens (primary N) is 2. The SMILES string of the molecule is CC(C)CC(N)C(=O)NC(Cc1ccc(O)cc1)C(=O)NC(CC(N)=O)C(=O)NC(Cc1ccccc1)C(=O)O. The monoisotopic (exact) mass is 555 g/mol. The van der Waals surface area contributed by atoms with Crippen LogP contribution < -0.4 is 27.4 Å². The highest BCUT2D eigenvalue weighted by Crippen LogP contribution is 2.13. The maximum Gasteiger partial charge on any atom is 0.326 e. The first-order valence-corrected chi connectivity index (χ1v) is 12.8. The van der Waals surface area contributed by atoms with Crippen LogP contribution >= 0.6 is 0 Å². The first-order chi connectivity index (χ1) is 18.8. The van der Waals surface area contributed by atoms with Crippen molar-refractivity contribution in [1.82, 2.24) is 16.0 Å². The van der Waals surface area contributed by atoms with E-state index in [0.717, 1.165) is 0 Å². The van der Waals surface area contributed by atoms with Crippen LogP contribution in [0.25, 0.3) is 0 Å². The number of hydrogen-bond donors (Lipinski definition) is 7. The van der Waals surface area contributed by atoms with Gasteiger partial charge in [-0.3, -0.25) is 19.2 Å². The Morgan fingerprint density at radius 2 is 1.25 bits per heavy atom. The fourth-order valence-electron chi connectivity index (χ4n) is 3.98. The van der Waals surface area contributed by atoms with Crippen molar-refractivity contribution in [3.05, 3.63) is 65.7 Å². The Bertz CT molecular complexity index is 1170. The molecular formula is C28H37N5O7. The lowest BCUT2D eigenvalue weighted by molar-refractivity contribution is -0.142. The molecule has 40 heavy (non-hydrogen) atoms. The average Bonchev–Trinajstić information content (AvgIpc) is 2.88. The molecule has 4 amide bonds. The summed E-state index contributed by atoms with van der Waals surface area (Å²) in [6.07, 6.45) is -0.304. The van der Waals surface area contributed by atoms with Crippen LogP contribution in [-0.4, -0.2) is 64.0 Å². The van der Waals surface area contributed by atoms with Gasteiger partial charge >= 0.3 is 5.97 Å². The maximum atomic E-state index is 13.3. The number of carboxylic acids is 1. The summed E-state index contributed by atoms with van der Waals surface area (Å²) in [4.78, 5) is 62.7. The van der Waals surface area contributed by atoms with E-state index in [1.165, 1.54) is 12.1 Å². The lowest BCUT2D eigenvalue weighted by atomic mass is 10.0. The van der Waals surface area contributed by atoms with Gasteiger partial charge in [0.1, 0.15) is 23.9 Å². The van der Waals surface area contributed by atoms with Crippen LogP contribution in [0, 0.1) is 5.92 Å². The zero-order valence-electron chi connectivity index (χ0n) is 22.5. The molecule has 9 N–H and O–H groups in total. The van der Waals surface area contributed by atoms with E-state index in [9.17, 15) is 34.2 Å². The van der Waals surface area contributed by atoms with Gasteiger partial charge in [0.2, 0.25) is 23.6 Å². The van der Waals surface area contributed by atoms with E-state index >= 15 is 0 Å². The molecule has 0 fully saturated rings. The summed E-state index contributed by atoms with van der Waals surface area (Å²) >= 11 is 0. The second-order valence-corrected chi connectivity index (χ2v) is 9.99. The number of phenolic OH excluding ortho intramolecular Hbond substituents is 1. The predicted molar refractivity (Wildman–Crippen MR) is 147 cm³/mol. The molecule has 0 spiro atoms. The quantitative estimate of drug-likeness (QED) is 0.158. The molecule has 0 aliphatic heterocycles. The first kappa shape index (κ1) is 31.8. The summed E-state index contributed by atoms with van der Waals surface area (Å²) in [6, 6.07) is 9.61. The molecule has 2 rings (SSSR count).